The fourth-order valence-corrected chi connectivity index (χ4v) is 2.92. The number of carbonyl (C=O) groups excluding carboxylic acids is 1. The summed E-state index contributed by atoms with van der Waals surface area (Å²) in [7, 11) is 0. The van der Waals surface area contributed by atoms with E-state index in [0.29, 0.717) is 12.8 Å². The quantitative estimate of drug-likeness (QED) is 0.749. The molecule has 0 saturated carbocycles. The Morgan fingerprint density at radius 2 is 1.95 bits per heavy atom. The lowest BCUT2D eigenvalue weighted by Gasteiger charge is -2.33. The van der Waals surface area contributed by atoms with Gasteiger partial charge in [0, 0.05) is 19.0 Å². The van der Waals surface area contributed by atoms with Crippen LogP contribution in [0, 0.1) is 5.41 Å². The minimum absolute atomic E-state index is 0.0813. The second-order valence-electron chi connectivity index (χ2n) is 5.77. The highest BCUT2D eigenvalue weighted by Crippen LogP contribution is 2.31. The van der Waals surface area contributed by atoms with Crippen molar-refractivity contribution in [1.29, 1.82) is 0 Å². The van der Waals surface area contributed by atoms with Gasteiger partial charge in [-0.2, -0.15) is 0 Å². The van der Waals surface area contributed by atoms with Crippen molar-refractivity contribution in [2.24, 2.45) is 5.41 Å². The van der Waals surface area contributed by atoms with Crippen molar-refractivity contribution >= 4 is 11.9 Å². The van der Waals surface area contributed by atoms with Gasteiger partial charge in [-0.15, -0.1) is 0 Å². The van der Waals surface area contributed by atoms with Crippen molar-refractivity contribution in [2.45, 2.75) is 58.9 Å². The summed E-state index contributed by atoms with van der Waals surface area (Å²) in [6, 6.07) is 0.163. The number of piperidine rings is 1. The number of aliphatic carboxylic acids is 1. The molecule has 1 atom stereocenters. The average Bonchev–Trinajstić information content (AvgIpc) is 2.44. The molecule has 0 aliphatic carbocycles. The molecule has 0 radical (unpaired) electrons. The molecular weight excluding hydrogens is 256 g/mol. The molecule has 0 aromatic heterocycles. The normalized spacial score (nSPS) is 20.6. The number of rotatable bonds is 7. The molecule has 1 rings (SSSR count). The lowest BCUT2D eigenvalue weighted by Crippen LogP contribution is -2.49. The number of nitrogens with zero attached hydrogens (tertiary/aromatic N) is 1. The second kappa shape index (κ2) is 7.62. The predicted molar refractivity (Wildman–Crippen MR) is 78.5 cm³/mol. The van der Waals surface area contributed by atoms with Crippen LogP contribution in [0.3, 0.4) is 0 Å². The van der Waals surface area contributed by atoms with E-state index in [0.717, 1.165) is 32.5 Å². The summed E-state index contributed by atoms with van der Waals surface area (Å²) in [4.78, 5) is 25.9. The first-order valence-electron chi connectivity index (χ1n) is 7.72. The van der Waals surface area contributed by atoms with Crippen LogP contribution in [-0.2, 0) is 9.59 Å². The van der Waals surface area contributed by atoms with Crippen LogP contribution in [0.4, 0.5) is 0 Å². The number of carboxylic acid groups (broad SMARTS) is 1. The van der Waals surface area contributed by atoms with E-state index in [2.05, 4.69) is 17.1 Å². The SMILES string of the molecule is CCN1CCCC(NC(=O)CC(CC)(CC)C(=O)O)C1. The third-order valence-corrected chi connectivity index (χ3v) is 4.62. The molecule has 0 aromatic carbocycles. The van der Waals surface area contributed by atoms with E-state index in [4.69, 9.17) is 0 Å². The van der Waals surface area contributed by atoms with E-state index in [1.54, 1.807) is 0 Å². The lowest BCUT2D eigenvalue weighted by molar-refractivity contribution is -0.152. The number of amides is 1. The summed E-state index contributed by atoms with van der Waals surface area (Å²) in [6.07, 6.45) is 3.12. The van der Waals surface area contributed by atoms with Gasteiger partial charge >= 0.3 is 5.97 Å². The van der Waals surface area contributed by atoms with Crippen LogP contribution in [0.15, 0.2) is 0 Å². The topological polar surface area (TPSA) is 69.6 Å². The molecule has 1 saturated heterocycles. The highest BCUT2D eigenvalue weighted by molar-refractivity contribution is 5.85. The smallest absolute Gasteiger partial charge is 0.310 e. The molecule has 1 unspecified atom stereocenters. The summed E-state index contributed by atoms with van der Waals surface area (Å²) >= 11 is 0. The molecule has 5 heteroatoms. The van der Waals surface area contributed by atoms with Crippen molar-refractivity contribution in [2.75, 3.05) is 19.6 Å². The summed E-state index contributed by atoms with van der Waals surface area (Å²) < 4.78 is 0. The van der Waals surface area contributed by atoms with E-state index < -0.39 is 11.4 Å². The van der Waals surface area contributed by atoms with Crippen molar-refractivity contribution in [3.8, 4) is 0 Å². The standard InChI is InChI=1S/C15H28N2O3/c1-4-15(5-2,14(19)20)10-13(18)16-12-8-7-9-17(6-3)11-12/h12H,4-11H2,1-3H3,(H,16,18)(H,19,20). The van der Waals surface area contributed by atoms with E-state index in [1.165, 1.54) is 0 Å². The highest BCUT2D eigenvalue weighted by Gasteiger charge is 2.37. The third-order valence-electron chi connectivity index (χ3n) is 4.62. The lowest BCUT2D eigenvalue weighted by atomic mass is 9.79. The van der Waals surface area contributed by atoms with Gasteiger partial charge in [0.1, 0.15) is 0 Å². The number of carboxylic acids is 1. The minimum atomic E-state index is -0.913. The molecule has 0 aromatic rings. The Kier molecular flexibility index (Phi) is 6.46. The first kappa shape index (κ1) is 17.0. The summed E-state index contributed by atoms with van der Waals surface area (Å²) in [5.41, 5.74) is -0.913. The Labute approximate surface area is 121 Å². The molecule has 0 spiro atoms. The molecule has 1 aliphatic heterocycles. The van der Waals surface area contributed by atoms with Gasteiger partial charge in [-0.1, -0.05) is 20.8 Å². The summed E-state index contributed by atoms with van der Waals surface area (Å²) in [6.45, 7) is 8.75. The monoisotopic (exact) mass is 284 g/mol. The zero-order valence-corrected chi connectivity index (χ0v) is 12.9. The van der Waals surface area contributed by atoms with Crippen LogP contribution < -0.4 is 5.32 Å². The summed E-state index contributed by atoms with van der Waals surface area (Å²) in [5.74, 6) is -0.990. The maximum Gasteiger partial charge on any atom is 0.310 e. The molecule has 0 bridgehead atoms. The van der Waals surface area contributed by atoms with Gasteiger partial charge in [-0.05, 0) is 38.8 Å². The van der Waals surface area contributed by atoms with Gasteiger partial charge in [0.25, 0.3) is 0 Å². The van der Waals surface area contributed by atoms with Crippen molar-refractivity contribution in [1.82, 2.24) is 10.2 Å². The molecular formula is C15H28N2O3. The number of likely N-dealkylation sites (N-methyl/N-ethyl adjacent to an activating group) is 1. The van der Waals surface area contributed by atoms with Gasteiger partial charge in [0.2, 0.25) is 5.91 Å². The average molecular weight is 284 g/mol. The first-order chi connectivity index (χ1) is 9.47. The van der Waals surface area contributed by atoms with E-state index in [9.17, 15) is 14.7 Å². The Morgan fingerprint density at radius 3 is 2.45 bits per heavy atom. The molecule has 20 heavy (non-hydrogen) atoms. The zero-order valence-electron chi connectivity index (χ0n) is 12.9. The Balaban J connectivity index is 2.55. The number of nitrogens with one attached hydrogen (secondary N) is 1. The predicted octanol–water partition coefficient (Wildman–Crippen LogP) is 1.87. The first-order valence-corrected chi connectivity index (χ1v) is 7.72. The van der Waals surface area contributed by atoms with Gasteiger partial charge in [0.15, 0.2) is 0 Å². The van der Waals surface area contributed by atoms with Gasteiger partial charge in [-0.3, -0.25) is 9.59 Å². The van der Waals surface area contributed by atoms with Crippen LogP contribution in [0.25, 0.3) is 0 Å². The third kappa shape index (κ3) is 4.20. The number of likely N-dealkylation sites (tertiary alicyclic amines) is 1. The maximum atomic E-state index is 12.2. The number of carbonyl (C=O) groups is 2. The van der Waals surface area contributed by atoms with Crippen LogP contribution in [0.2, 0.25) is 0 Å². The molecule has 1 heterocycles. The van der Waals surface area contributed by atoms with E-state index in [-0.39, 0.29) is 18.4 Å². The largest absolute Gasteiger partial charge is 0.481 e. The fourth-order valence-electron chi connectivity index (χ4n) is 2.92. The van der Waals surface area contributed by atoms with E-state index >= 15 is 0 Å². The van der Waals surface area contributed by atoms with Crippen molar-refractivity contribution in [3.63, 3.8) is 0 Å². The maximum absolute atomic E-state index is 12.2. The summed E-state index contributed by atoms with van der Waals surface area (Å²) in [5, 5.41) is 12.4. The molecule has 1 fully saturated rings. The molecule has 116 valence electrons. The molecule has 2 N–H and O–H groups in total. The fraction of sp³-hybridized carbons (Fsp3) is 0.867. The van der Waals surface area contributed by atoms with Gasteiger partial charge in [-0.25, -0.2) is 0 Å². The van der Waals surface area contributed by atoms with Gasteiger partial charge in [0.05, 0.1) is 5.41 Å². The highest BCUT2D eigenvalue weighted by atomic mass is 16.4. The minimum Gasteiger partial charge on any atom is -0.481 e. The zero-order chi connectivity index (χ0) is 15.2. The molecule has 5 nitrogen and oxygen atoms in total. The molecule has 1 aliphatic rings. The number of hydrogen-bond acceptors (Lipinski definition) is 3. The van der Waals surface area contributed by atoms with Crippen LogP contribution in [-0.4, -0.2) is 47.6 Å². The van der Waals surface area contributed by atoms with Crippen LogP contribution in [0.1, 0.15) is 52.9 Å². The Hall–Kier alpha value is -1.10. The molecule has 1 amide bonds. The Morgan fingerprint density at radius 1 is 1.30 bits per heavy atom. The van der Waals surface area contributed by atoms with Crippen LogP contribution >= 0.6 is 0 Å². The van der Waals surface area contributed by atoms with Crippen molar-refractivity contribution in [3.05, 3.63) is 0 Å². The van der Waals surface area contributed by atoms with Crippen molar-refractivity contribution < 1.29 is 14.7 Å². The Bertz CT molecular complexity index is 340. The van der Waals surface area contributed by atoms with E-state index in [1.807, 2.05) is 13.8 Å². The second-order valence-corrected chi connectivity index (χ2v) is 5.77. The van der Waals surface area contributed by atoms with Crippen LogP contribution in [0.5, 0.6) is 0 Å². The number of hydrogen-bond donors (Lipinski definition) is 2. The van der Waals surface area contributed by atoms with Gasteiger partial charge < -0.3 is 15.3 Å².